The number of aliphatic imine (C=N–C) groups is 1. The molecule has 5 rings (SSSR count). The number of fused-ring (bicyclic) bond motifs is 2. The van der Waals surface area contributed by atoms with Crippen molar-refractivity contribution in [3.05, 3.63) is 92.0 Å². The largest absolute Gasteiger partial charge is 0.480 e. The fourth-order valence-electron chi connectivity index (χ4n) is 4.76. The number of hydrogen-bond donors (Lipinski definition) is 2. The average molecular weight is 600 g/mol. The topological polar surface area (TPSA) is 133 Å². The highest BCUT2D eigenvalue weighted by molar-refractivity contribution is 7.90. The molecule has 0 aliphatic carbocycles. The smallest absolute Gasteiger partial charge is 0.326 e. The van der Waals surface area contributed by atoms with E-state index in [9.17, 15) is 27.9 Å². The predicted octanol–water partition coefficient (Wildman–Crippen LogP) is 4.09. The van der Waals surface area contributed by atoms with Gasteiger partial charge in [0.2, 0.25) is 0 Å². The SMILES string of the molecule is CS(=O)(=O)c1cccc(C[C@H](NC(=O)c2c(Cl)cc3c(c2Cl)CCN(C(=O)c2ccc4c(c2)N=C4)C3)C(=O)O)c1. The molecular formula is C28H23Cl2N3O6S. The maximum Gasteiger partial charge on any atom is 0.326 e. The van der Waals surface area contributed by atoms with Crippen LogP contribution in [0.2, 0.25) is 10.0 Å². The minimum absolute atomic E-state index is 0.0224. The number of hydrogen-bond acceptors (Lipinski definition) is 6. The number of benzene rings is 3. The van der Waals surface area contributed by atoms with Crippen LogP contribution < -0.4 is 5.32 Å². The number of rotatable bonds is 7. The molecule has 0 aromatic heterocycles. The fraction of sp³-hybridized carbons (Fsp3) is 0.214. The van der Waals surface area contributed by atoms with E-state index in [4.69, 9.17) is 23.2 Å². The van der Waals surface area contributed by atoms with Crippen LogP contribution in [-0.2, 0) is 34.0 Å². The van der Waals surface area contributed by atoms with Crippen molar-refractivity contribution >= 4 is 62.7 Å². The summed E-state index contributed by atoms with van der Waals surface area (Å²) >= 11 is 13.1. The van der Waals surface area contributed by atoms with Gasteiger partial charge in [-0.3, -0.25) is 14.6 Å². The predicted molar refractivity (Wildman–Crippen MR) is 151 cm³/mol. The minimum Gasteiger partial charge on any atom is -0.480 e. The lowest BCUT2D eigenvalue weighted by Crippen LogP contribution is -2.42. The van der Waals surface area contributed by atoms with Crippen LogP contribution in [0.1, 0.15) is 43.0 Å². The first-order valence-electron chi connectivity index (χ1n) is 12.2. The standard InChI is InChI=1S/C28H23Cl2N3O6S/c1-40(38,39)19-4-2-3-15(9-19)10-23(28(36)37)32-26(34)24-21(29)11-18-14-33(8-7-20(18)25(24)30)27(35)16-5-6-17-13-31-22(17)12-16/h2-6,9,11-13,23H,7-8,10,14H2,1H3,(H,32,34)(H,36,37)/t23-/m0/s1. The van der Waals surface area contributed by atoms with Crippen molar-refractivity contribution in [3.63, 3.8) is 0 Å². The summed E-state index contributed by atoms with van der Waals surface area (Å²) < 4.78 is 23.8. The van der Waals surface area contributed by atoms with Crippen LogP contribution in [0, 0.1) is 0 Å². The Labute approximate surface area is 240 Å². The zero-order valence-electron chi connectivity index (χ0n) is 21.1. The zero-order valence-corrected chi connectivity index (χ0v) is 23.5. The van der Waals surface area contributed by atoms with Crippen LogP contribution in [0.25, 0.3) is 0 Å². The van der Waals surface area contributed by atoms with Crippen molar-refractivity contribution in [3.8, 4) is 0 Å². The molecule has 0 fully saturated rings. The molecule has 1 atom stereocenters. The van der Waals surface area contributed by atoms with Crippen molar-refractivity contribution in [1.29, 1.82) is 0 Å². The highest BCUT2D eigenvalue weighted by Crippen LogP contribution is 2.35. The molecule has 0 saturated carbocycles. The first-order chi connectivity index (χ1) is 18.9. The van der Waals surface area contributed by atoms with Crippen molar-refractivity contribution in [2.45, 2.75) is 30.3 Å². The third-order valence-corrected chi connectivity index (χ3v) is 8.73. The number of nitrogens with one attached hydrogen (secondary N) is 1. The van der Waals surface area contributed by atoms with Gasteiger partial charge >= 0.3 is 5.97 Å². The molecule has 3 aromatic rings. The summed E-state index contributed by atoms with van der Waals surface area (Å²) in [5, 5.41) is 12.3. The Kier molecular flexibility index (Phi) is 7.43. The summed E-state index contributed by atoms with van der Waals surface area (Å²) in [6, 6.07) is 11.4. The first kappa shape index (κ1) is 27.8. The summed E-state index contributed by atoms with van der Waals surface area (Å²) in [5.74, 6) is -2.24. The van der Waals surface area contributed by atoms with Gasteiger partial charge in [-0.05, 0) is 53.4 Å². The van der Waals surface area contributed by atoms with Crippen molar-refractivity contribution in [1.82, 2.24) is 10.2 Å². The number of carbonyl (C=O) groups is 3. The van der Waals surface area contributed by atoms with Gasteiger partial charge in [0.25, 0.3) is 11.8 Å². The lowest BCUT2D eigenvalue weighted by atomic mass is 9.95. The van der Waals surface area contributed by atoms with E-state index in [0.29, 0.717) is 35.2 Å². The Balaban J connectivity index is 1.34. The Morgan fingerprint density at radius 1 is 1.12 bits per heavy atom. The van der Waals surface area contributed by atoms with E-state index in [1.807, 2.05) is 6.07 Å². The number of sulfone groups is 1. The summed E-state index contributed by atoms with van der Waals surface area (Å²) in [6.07, 6.45) is 3.00. The minimum atomic E-state index is -3.49. The van der Waals surface area contributed by atoms with Gasteiger partial charge in [0.15, 0.2) is 9.84 Å². The second-order valence-electron chi connectivity index (χ2n) is 9.68. The van der Waals surface area contributed by atoms with Gasteiger partial charge < -0.3 is 15.3 Å². The van der Waals surface area contributed by atoms with Crippen LogP contribution in [0.5, 0.6) is 0 Å². The fourth-order valence-corrected chi connectivity index (χ4v) is 6.21. The Morgan fingerprint density at radius 2 is 1.90 bits per heavy atom. The van der Waals surface area contributed by atoms with E-state index in [1.54, 1.807) is 35.4 Å². The van der Waals surface area contributed by atoms with E-state index in [0.717, 1.165) is 17.5 Å². The molecule has 0 bridgehead atoms. The lowest BCUT2D eigenvalue weighted by molar-refractivity contribution is -0.139. The molecule has 0 spiro atoms. The molecule has 2 amide bonds. The molecule has 0 radical (unpaired) electrons. The van der Waals surface area contributed by atoms with E-state index in [-0.39, 0.29) is 39.4 Å². The Bertz CT molecular complexity index is 1720. The van der Waals surface area contributed by atoms with Crippen molar-refractivity contribution in [2.24, 2.45) is 4.99 Å². The second-order valence-corrected chi connectivity index (χ2v) is 12.5. The Hall–Kier alpha value is -3.73. The van der Waals surface area contributed by atoms with Crippen LogP contribution in [0.15, 0.2) is 58.4 Å². The molecule has 40 heavy (non-hydrogen) atoms. The van der Waals surface area contributed by atoms with E-state index in [1.165, 1.54) is 18.2 Å². The van der Waals surface area contributed by atoms with Crippen molar-refractivity contribution in [2.75, 3.05) is 12.8 Å². The number of carboxylic acid groups (broad SMARTS) is 1. The molecule has 9 nitrogen and oxygen atoms in total. The molecule has 2 heterocycles. The van der Waals surface area contributed by atoms with Gasteiger partial charge in [-0.15, -0.1) is 0 Å². The Morgan fingerprint density at radius 3 is 2.55 bits per heavy atom. The average Bonchev–Trinajstić information content (AvgIpc) is 2.88. The maximum atomic E-state index is 13.2. The number of nitrogens with zero attached hydrogens (tertiary/aromatic N) is 2. The van der Waals surface area contributed by atoms with Gasteiger partial charge in [-0.2, -0.15) is 0 Å². The number of aliphatic carboxylic acids is 1. The van der Waals surface area contributed by atoms with E-state index < -0.39 is 27.8 Å². The summed E-state index contributed by atoms with van der Waals surface area (Å²) in [6.45, 7) is 0.604. The van der Waals surface area contributed by atoms with Crippen LogP contribution in [0.3, 0.4) is 0 Å². The molecule has 2 aliphatic heterocycles. The third kappa shape index (κ3) is 5.47. The van der Waals surface area contributed by atoms with Gasteiger partial charge in [-0.25, -0.2) is 13.2 Å². The molecule has 12 heteroatoms. The molecule has 2 N–H and O–H groups in total. The van der Waals surface area contributed by atoms with Gasteiger partial charge in [0.05, 0.1) is 26.2 Å². The lowest BCUT2D eigenvalue weighted by Gasteiger charge is -2.30. The first-order valence-corrected chi connectivity index (χ1v) is 14.9. The van der Waals surface area contributed by atoms with Gasteiger partial charge in [0, 0.05) is 43.1 Å². The molecule has 3 aromatic carbocycles. The number of carboxylic acids is 1. The highest BCUT2D eigenvalue weighted by atomic mass is 35.5. The number of carbonyl (C=O) groups excluding carboxylic acids is 2. The summed E-state index contributed by atoms with van der Waals surface area (Å²) in [5.41, 5.74) is 4.00. The third-order valence-electron chi connectivity index (χ3n) is 6.91. The number of amides is 2. The number of halogens is 2. The quantitative estimate of drug-likeness (QED) is 0.329. The normalized spacial score (nSPS) is 14.5. The molecule has 2 aliphatic rings. The second kappa shape index (κ2) is 10.7. The molecule has 0 saturated heterocycles. The van der Waals surface area contributed by atoms with E-state index >= 15 is 0 Å². The summed E-state index contributed by atoms with van der Waals surface area (Å²) in [4.78, 5) is 44.1. The zero-order chi connectivity index (χ0) is 28.8. The maximum absolute atomic E-state index is 13.2. The monoisotopic (exact) mass is 599 g/mol. The molecule has 0 unspecified atom stereocenters. The van der Waals surface area contributed by atoms with Crippen LogP contribution in [-0.4, -0.2) is 61.3 Å². The van der Waals surface area contributed by atoms with Gasteiger partial charge in [0.1, 0.15) is 6.04 Å². The van der Waals surface area contributed by atoms with Crippen LogP contribution >= 0.6 is 23.2 Å². The van der Waals surface area contributed by atoms with Crippen molar-refractivity contribution < 1.29 is 27.9 Å². The van der Waals surface area contributed by atoms with Crippen LogP contribution in [0.4, 0.5) is 5.69 Å². The highest BCUT2D eigenvalue weighted by Gasteiger charge is 2.30. The van der Waals surface area contributed by atoms with Gasteiger partial charge in [-0.1, -0.05) is 41.4 Å². The molecule has 206 valence electrons. The van der Waals surface area contributed by atoms with E-state index in [2.05, 4.69) is 10.3 Å². The summed E-state index contributed by atoms with van der Waals surface area (Å²) in [7, 11) is -3.49. The molecular weight excluding hydrogens is 577 g/mol.